The molecule has 0 saturated carbocycles. The zero-order valence-electron chi connectivity index (χ0n) is 20.7. The summed E-state index contributed by atoms with van der Waals surface area (Å²) in [6.45, 7) is 10.2. The Morgan fingerprint density at radius 1 is 1.09 bits per heavy atom. The van der Waals surface area contributed by atoms with Crippen LogP contribution in [0.5, 0.6) is 0 Å². The SMILES string of the molecule is CCCC(=O)N(C)[C@H](CSCCN1CCN(C)CC1)C(=O)N(C)[C@@H](CC(C)(C)O)C(N)=O. The van der Waals surface area contributed by atoms with Crippen LogP contribution in [-0.4, -0.2) is 125 Å². The number of nitrogens with zero attached hydrogens (tertiary/aromatic N) is 4. The minimum Gasteiger partial charge on any atom is -0.390 e. The largest absolute Gasteiger partial charge is 0.390 e. The molecule has 1 aliphatic heterocycles. The maximum Gasteiger partial charge on any atom is 0.246 e. The van der Waals surface area contributed by atoms with Crippen LogP contribution in [0.15, 0.2) is 0 Å². The van der Waals surface area contributed by atoms with Crippen LogP contribution in [0.2, 0.25) is 0 Å². The van der Waals surface area contributed by atoms with Crippen LogP contribution in [0.3, 0.4) is 0 Å². The van der Waals surface area contributed by atoms with E-state index in [0.29, 0.717) is 18.6 Å². The van der Waals surface area contributed by atoms with Gasteiger partial charge >= 0.3 is 0 Å². The highest BCUT2D eigenvalue weighted by atomic mass is 32.2. The fourth-order valence-corrected chi connectivity index (χ4v) is 4.81. The first-order valence-electron chi connectivity index (χ1n) is 11.4. The van der Waals surface area contributed by atoms with Crippen LogP contribution in [0.4, 0.5) is 0 Å². The van der Waals surface area contributed by atoms with Crippen molar-refractivity contribution in [2.24, 2.45) is 5.73 Å². The number of primary amides is 1. The van der Waals surface area contributed by atoms with E-state index >= 15 is 0 Å². The van der Waals surface area contributed by atoms with E-state index in [-0.39, 0.29) is 18.2 Å². The zero-order chi connectivity index (χ0) is 24.5. The summed E-state index contributed by atoms with van der Waals surface area (Å²) in [4.78, 5) is 45.5. The van der Waals surface area contributed by atoms with Gasteiger partial charge in [0.05, 0.1) is 5.60 Å². The molecule has 3 N–H and O–H groups in total. The van der Waals surface area contributed by atoms with Gasteiger partial charge in [0, 0.05) is 71.2 Å². The molecule has 2 atom stereocenters. The normalized spacial score (nSPS) is 17.6. The Morgan fingerprint density at radius 2 is 1.69 bits per heavy atom. The first-order valence-corrected chi connectivity index (χ1v) is 12.6. The molecule has 0 aromatic heterocycles. The number of aliphatic hydroxyl groups is 1. The van der Waals surface area contributed by atoms with E-state index < -0.39 is 23.6 Å². The molecule has 0 bridgehead atoms. The molecule has 1 heterocycles. The Balaban J connectivity index is 2.83. The topological polar surface area (TPSA) is 110 Å². The quantitative estimate of drug-likeness (QED) is 0.364. The summed E-state index contributed by atoms with van der Waals surface area (Å²) in [6, 6.07) is -1.64. The summed E-state index contributed by atoms with van der Waals surface area (Å²) >= 11 is 1.64. The van der Waals surface area contributed by atoms with E-state index in [0.717, 1.165) is 38.5 Å². The Hall–Kier alpha value is -1.36. The maximum atomic E-state index is 13.4. The van der Waals surface area contributed by atoms with Crippen molar-refractivity contribution < 1.29 is 19.5 Å². The van der Waals surface area contributed by atoms with E-state index in [1.165, 1.54) is 16.8 Å². The Labute approximate surface area is 197 Å². The molecule has 9 nitrogen and oxygen atoms in total. The second kappa shape index (κ2) is 13.4. The molecular formula is C22H43N5O4S. The van der Waals surface area contributed by atoms with Crippen molar-refractivity contribution in [1.82, 2.24) is 19.6 Å². The summed E-state index contributed by atoms with van der Waals surface area (Å²) in [7, 11) is 5.29. The summed E-state index contributed by atoms with van der Waals surface area (Å²) in [5, 5.41) is 10.2. The van der Waals surface area contributed by atoms with E-state index in [1.54, 1.807) is 32.7 Å². The van der Waals surface area contributed by atoms with Crippen LogP contribution >= 0.6 is 11.8 Å². The van der Waals surface area contributed by atoms with Crippen LogP contribution < -0.4 is 5.73 Å². The molecule has 10 heteroatoms. The molecule has 0 aliphatic carbocycles. The van der Waals surface area contributed by atoms with Gasteiger partial charge in [-0.25, -0.2) is 0 Å². The monoisotopic (exact) mass is 473 g/mol. The number of hydrogen-bond acceptors (Lipinski definition) is 7. The minimum absolute atomic E-state index is 0.0282. The van der Waals surface area contributed by atoms with E-state index in [9.17, 15) is 19.5 Å². The minimum atomic E-state index is -1.16. The fourth-order valence-electron chi connectivity index (χ4n) is 3.66. The number of carbonyl (C=O) groups is 3. The number of likely N-dealkylation sites (N-methyl/N-ethyl adjacent to an activating group) is 3. The third kappa shape index (κ3) is 9.64. The smallest absolute Gasteiger partial charge is 0.246 e. The average molecular weight is 474 g/mol. The molecule has 186 valence electrons. The van der Waals surface area contributed by atoms with Crippen molar-refractivity contribution in [1.29, 1.82) is 0 Å². The van der Waals surface area contributed by atoms with Crippen molar-refractivity contribution in [3.05, 3.63) is 0 Å². The Bertz CT molecular complexity index is 620. The van der Waals surface area contributed by atoms with Crippen LogP contribution in [0.25, 0.3) is 0 Å². The number of nitrogens with two attached hydrogens (primary N) is 1. The number of rotatable bonds is 13. The molecule has 0 unspecified atom stereocenters. The van der Waals surface area contributed by atoms with Crippen molar-refractivity contribution in [2.45, 2.75) is 57.7 Å². The van der Waals surface area contributed by atoms with Crippen LogP contribution in [0.1, 0.15) is 40.0 Å². The van der Waals surface area contributed by atoms with Crippen molar-refractivity contribution in [3.8, 4) is 0 Å². The predicted molar refractivity (Wildman–Crippen MR) is 129 cm³/mol. The average Bonchev–Trinajstić information content (AvgIpc) is 2.71. The molecule has 1 saturated heterocycles. The second-order valence-corrected chi connectivity index (χ2v) is 10.5. The zero-order valence-corrected chi connectivity index (χ0v) is 21.5. The third-order valence-corrected chi connectivity index (χ3v) is 6.89. The Morgan fingerprint density at radius 3 is 2.19 bits per heavy atom. The third-order valence-electron chi connectivity index (χ3n) is 5.87. The number of thioether (sulfide) groups is 1. The number of hydrogen-bond donors (Lipinski definition) is 2. The molecule has 0 spiro atoms. The van der Waals surface area contributed by atoms with Gasteiger partial charge in [-0.15, -0.1) is 0 Å². The summed E-state index contributed by atoms with van der Waals surface area (Å²) in [5.74, 6) is 0.188. The van der Waals surface area contributed by atoms with Crippen molar-refractivity contribution in [3.63, 3.8) is 0 Å². The molecule has 3 amide bonds. The van der Waals surface area contributed by atoms with Crippen molar-refractivity contribution in [2.75, 3.05) is 65.4 Å². The van der Waals surface area contributed by atoms with Gasteiger partial charge in [0.25, 0.3) is 0 Å². The Kier molecular flexibility index (Phi) is 12.0. The van der Waals surface area contributed by atoms with E-state index in [4.69, 9.17) is 5.73 Å². The van der Waals surface area contributed by atoms with Gasteiger partial charge in [0.1, 0.15) is 12.1 Å². The van der Waals surface area contributed by atoms with E-state index in [1.807, 2.05) is 6.92 Å². The maximum absolute atomic E-state index is 13.4. The lowest BCUT2D eigenvalue weighted by atomic mass is 9.97. The van der Waals surface area contributed by atoms with E-state index in [2.05, 4.69) is 16.8 Å². The lowest BCUT2D eigenvalue weighted by molar-refractivity contribution is -0.147. The molecule has 0 radical (unpaired) electrons. The summed E-state index contributed by atoms with van der Waals surface area (Å²) in [5.41, 5.74) is 4.38. The molecule has 1 aliphatic rings. The number of amides is 3. The molecular weight excluding hydrogens is 430 g/mol. The van der Waals surface area contributed by atoms with Gasteiger partial charge in [-0.2, -0.15) is 11.8 Å². The number of carbonyl (C=O) groups excluding carboxylic acids is 3. The molecule has 32 heavy (non-hydrogen) atoms. The van der Waals surface area contributed by atoms with Gasteiger partial charge in [-0.1, -0.05) is 6.92 Å². The van der Waals surface area contributed by atoms with Crippen LogP contribution in [-0.2, 0) is 14.4 Å². The van der Waals surface area contributed by atoms with Gasteiger partial charge in [-0.05, 0) is 27.3 Å². The highest BCUT2D eigenvalue weighted by Crippen LogP contribution is 2.19. The summed E-state index contributed by atoms with van der Waals surface area (Å²) < 4.78 is 0. The first-order chi connectivity index (χ1) is 14.9. The van der Waals surface area contributed by atoms with Gasteiger partial charge in [0.15, 0.2) is 0 Å². The molecule has 1 rings (SSSR count). The highest BCUT2D eigenvalue weighted by molar-refractivity contribution is 7.99. The molecule has 0 aromatic rings. The lowest BCUT2D eigenvalue weighted by Crippen LogP contribution is -2.56. The molecule has 0 aromatic carbocycles. The fraction of sp³-hybridized carbons (Fsp3) is 0.864. The predicted octanol–water partition coefficient (Wildman–Crippen LogP) is 0.0674. The molecule has 1 fully saturated rings. The standard InChI is InChI=1S/C22H43N5O4S/c1-7-8-19(28)25(5)18(16-32-14-13-27-11-9-24(4)10-12-27)21(30)26(6)17(20(23)29)15-22(2,3)31/h17-18,31H,7-16H2,1-6H3,(H2,23,29)/t17-,18+/m0/s1. The summed E-state index contributed by atoms with van der Waals surface area (Å²) in [6.07, 6.45) is 1.08. The van der Waals surface area contributed by atoms with Gasteiger partial charge in [-0.3, -0.25) is 19.3 Å². The lowest BCUT2D eigenvalue weighted by Gasteiger charge is -2.35. The first kappa shape index (κ1) is 28.7. The van der Waals surface area contributed by atoms with Gasteiger partial charge < -0.3 is 25.5 Å². The van der Waals surface area contributed by atoms with Crippen LogP contribution in [0, 0.1) is 0 Å². The highest BCUT2D eigenvalue weighted by Gasteiger charge is 2.36. The van der Waals surface area contributed by atoms with Gasteiger partial charge in [0.2, 0.25) is 17.7 Å². The second-order valence-electron chi connectivity index (χ2n) is 9.37. The number of piperazine rings is 1. The van der Waals surface area contributed by atoms with Crippen molar-refractivity contribution >= 4 is 29.5 Å².